The summed E-state index contributed by atoms with van der Waals surface area (Å²) in [6.07, 6.45) is 0. The van der Waals surface area contributed by atoms with Crippen molar-refractivity contribution in [3.05, 3.63) is 71.3 Å². The van der Waals surface area contributed by atoms with Gasteiger partial charge in [0.05, 0.1) is 32.0 Å². The minimum Gasteiger partial charge on any atom is -0.390 e. The molecule has 34 heavy (non-hydrogen) atoms. The summed E-state index contributed by atoms with van der Waals surface area (Å²) in [5, 5.41) is 4.51. The van der Waals surface area contributed by atoms with Crippen LogP contribution in [0, 0.1) is 5.82 Å². The predicted octanol–water partition coefficient (Wildman–Crippen LogP) is 4.03. The minimum atomic E-state index is -0.536. The fraction of sp³-hybridized carbons (Fsp3) is 0.444. The van der Waals surface area contributed by atoms with Crippen molar-refractivity contribution in [1.82, 2.24) is 9.80 Å². The van der Waals surface area contributed by atoms with Gasteiger partial charge < -0.3 is 24.1 Å². The number of hydrogen-bond acceptors (Lipinski definition) is 6. The molecule has 0 amide bonds. The number of oxime groups is 1. The number of hydrogen-bond donors (Lipinski definition) is 0. The molecule has 2 fully saturated rings. The summed E-state index contributed by atoms with van der Waals surface area (Å²) in [7, 11) is 0. The molecule has 180 valence electrons. The second-order valence-electron chi connectivity index (χ2n) is 9.40. The highest BCUT2D eigenvalue weighted by Gasteiger charge is 2.38. The van der Waals surface area contributed by atoms with Crippen molar-refractivity contribution in [3.8, 4) is 11.1 Å². The fourth-order valence-electron chi connectivity index (χ4n) is 4.97. The topological polar surface area (TPSA) is 46.5 Å². The summed E-state index contributed by atoms with van der Waals surface area (Å²) in [6, 6.07) is 15.2. The highest BCUT2D eigenvalue weighted by Crippen LogP contribution is 2.36. The van der Waals surface area contributed by atoms with Gasteiger partial charge >= 0.3 is 0 Å². The zero-order valence-corrected chi connectivity index (χ0v) is 19.9. The zero-order chi connectivity index (χ0) is 23.5. The first kappa shape index (κ1) is 22.9. The van der Waals surface area contributed by atoms with Crippen LogP contribution in [0.5, 0.6) is 0 Å². The molecule has 0 spiro atoms. The summed E-state index contributed by atoms with van der Waals surface area (Å²) >= 11 is 0. The van der Waals surface area contributed by atoms with Gasteiger partial charge in [-0.1, -0.05) is 61.5 Å². The van der Waals surface area contributed by atoms with Gasteiger partial charge in [-0.15, -0.1) is 0 Å². The average Bonchev–Trinajstić information content (AvgIpc) is 3.36. The molecule has 2 aromatic rings. The lowest BCUT2D eigenvalue weighted by atomic mass is 9.76. The molecule has 0 bridgehead atoms. The van der Waals surface area contributed by atoms with Crippen LogP contribution in [0.25, 0.3) is 11.1 Å². The van der Waals surface area contributed by atoms with Crippen LogP contribution in [0.15, 0.2) is 65.1 Å². The Hall–Kier alpha value is -2.90. The van der Waals surface area contributed by atoms with Crippen molar-refractivity contribution < 1.29 is 18.7 Å². The Morgan fingerprint density at radius 2 is 1.50 bits per heavy atom. The largest absolute Gasteiger partial charge is 0.390 e. The third-order valence-corrected chi connectivity index (χ3v) is 6.91. The van der Waals surface area contributed by atoms with E-state index in [1.165, 1.54) is 0 Å². The third-order valence-electron chi connectivity index (χ3n) is 6.91. The van der Waals surface area contributed by atoms with Crippen LogP contribution in [-0.4, -0.2) is 74.7 Å². The van der Waals surface area contributed by atoms with Gasteiger partial charge in [-0.2, -0.15) is 0 Å². The third kappa shape index (κ3) is 4.42. The molecule has 2 saturated heterocycles. The van der Waals surface area contributed by atoms with E-state index in [0.29, 0.717) is 38.6 Å². The molecule has 2 aromatic carbocycles. The van der Waals surface area contributed by atoms with Crippen molar-refractivity contribution in [2.24, 2.45) is 5.16 Å². The van der Waals surface area contributed by atoms with Gasteiger partial charge in [0.25, 0.3) is 0 Å². The first-order chi connectivity index (χ1) is 16.6. The Morgan fingerprint density at radius 1 is 0.882 bits per heavy atom. The van der Waals surface area contributed by atoms with Crippen LogP contribution in [0.2, 0.25) is 0 Å². The van der Waals surface area contributed by atoms with Gasteiger partial charge in [-0.05, 0) is 17.2 Å². The fourth-order valence-corrected chi connectivity index (χ4v) is 4.97. The van der Waals surface area contributed by atoms with E-state index in [4.69, 9.17) is 14.3 Å². The Labute approximate surface area is 200 Å². The standard InChI is InChI=1S/C27H32FN3O3/c1-27(2,21-8-9-22(24(28)18-21)20-6-4-3-5-7-20)25-23(19-34-29-25)26(30-10-14-32-15-11-30)31-12-16-33-17-13-31/h3-9,18H,10-17,19H2,1-2H3. The molecule has 0 unspecified atom stereocenters. The van der Waals surface area contributed by atoms with E-state index < -0.39 is 5.41 Å². The second-order valence-corrected chi connectivity index (χ2v) is 9.40. The van der Waals surface area contributed by atoms with E-state index in [0.717, 1.165) is 54.4 Å². The Morgan fingerprint density at radius 3 is 2.09 bits per heavy atom. The molecule has 0 saturated carbocycles. The highest BCUT2D eigenvalue weighted by atomic mass is 19.1. The van der Waals surface area contributed by atoms with E-state index in [1.807, 2.05) is 42.5 Å². The zero-order valence-electron chi connectivity index (χ0n) is 19.9. The minimum absolute atomic E-state index is 0.233. The van der Waals surface area contributed by atoms with Gasteiger partial charge in [0.15, 0.2) is 0 Å². The summed E-state index contributed by atoms with van der Waals surface area (Å²) < 4.78 is 26.5. The summed E-state index contributed by atoms with van der Waals surface area (Å²) in [4.78, 5) is 10.4. The lowest BCUT2D eigenvalue weighted by Crippen LogP contribution is -2.48. The molecule has 6 nitrogen and oxygen atoms in total. The molecule has 0 atom stereocenters. The quantitative estimate of drug-likeness (QED) is 0.667. The number of halogens is 1. The number of rotatable bonds is 5. The molecular formula is C27H32FN3O3. The van der Waals surface area contributed by atoms with E-state index in [1.54, 1.807) is 6.07 Å². The molecule has 3 aliphatic rings. The first-order valence-corrected chi connectivity index (χ1v) is 12.0. The van der Waals surface area contributed by atoms with Crippen LogP contribution in [0.1, 0.15) is 19.4 Å². The van der Waals surface area contributed by atoms with Crippen molar-refractivity contribution in [2.45, 2.75) is 19.3 Å². The van der Waals surface area contributed by atoms with E-state index in [2.05, 4.69) is 28.8 Å². The van der Waals surface area contributed by atoms with Crippen LogP contribution in [0.4, 0.5) is 4.39 Å². The van der Waals surface area contributed by atoms with Gasteiger partial charge in [0.2, 0.25) is 0 Å². The van der Waals surface area contributed by atoms with Crippen molar-refractivity contribution in [2.75, 3.05) is 59.2 Å². The molecule has 7 heteroatoms. The molecule has 0 aromatic heterocycles. The van der Waals surface area contributed by atoms with E-state index >= 15 is 4.39 Å². The lowest BCUT2D eigenvalue weighted by Gasteiger charge is -2.41. The molecule has 5 rings (SSSR count). The first-order valence-electron chi connectivity index (χ1n) is 12.0. The molecule has 0 radical (unpaired) electrons. The van der Waals surface area contributed by atoms with Crippen molar-refractivity contribution >= 4 is 5.71 Å². The van der Waals surface area contributed by atoms with Crippen LogP contribution < -0.4 is 0 Å². The van der Waals surface area contributed by atoms with Crippen molar-refractivity contribution in [1.29, 1.82) is 0 Å². The lowest BCUT2D eigenvalue weighted by molar-refractivity contribution is 0.00723. The van der Waals surface area contributed by atoms with Crippen molar-refractivity contribution in [3.63, 3.8) is 0 Å². The summed E-state index contributed by atoms with van der Waals surface area (Å²) in [6.45, 7) is 10.7. The Balaban J connectivity index is 1.52. The molecule has 3 heterocycles. The van der Waals surface area contributed by atoms with Crippen LogP contribution in [-0.2, 0) is 19.7 Å². The predicted molar refractivity (Wildman–Crippen MR) is 130 cm³/mol. The molecule has 0 aliphatic carbocycles. The maximum Gasteiger partial charge on any atom is 0.147 e. The van der Waals surface area contributed by atoms with Crippen LogP contribution >= 0.6 is 0 Å². The Bertz CT molecular complexity index is 1050. The number of nitrogens with zero attached hydrogens (tertiary/aromatic N) is 3. The van der Waals surface area contributed by atoms with E-state index in [-0.39, 0.29) is 5.82 Å². The number of ether oxygens (including phenoxy) is 2. The SMILES string of the molecule is CC(C)(C1=NOCC1=C(N1CCOCC1)N1CCOCC1)c1ccc(-c2ccccc2)c(F)c1. The van der Waals surface area contributed by atoms with Gasteiger partial charge in [0.1, 0.15) is 24.0 Å². The van der Waals surface area contributed by atoms with Gasteiger partial charge in [-0.3, -0.25) is 0 Å². The van der Waals surface area contributed by atoms with Crippen LogP contribution in [0.3, 0.4) is 0 Å². The normalized spacial score (nSPS) is 19.1. The summed E-state index contributed by atoms with van der Waals surface area (Å²) in [5.74, 6) is 0.917. The molecule has 3 aliphatic heterocycles. The highest BCUT2D eigenvalue weighted by molar-refractivity contribution is 6.08. The Kier molecular flexibility index (Phi) is 6.57. The monoisotopic (exact) mass is 465 g/mol. The molecular weight excluding hydrogens is 433 g/mol. The van der Waals surface area contributed by atoms with Gasteiger partial charge in [0, 0.05) is 37.2 Å². The maximum atomic E-state index is 15.3. The smallest absolute Gasteiger partial charge is 0.147 e. The maximum absolute atomic E-state index is 15.3. The van der Waals surface area contributed by atoms with E-state index in [9.17, 15) is 0 Å². The molecule has 0 N–H and O–H groups in total. The van der Waals surface area contributed by atoms with Gasteiger partial charge in [-0.25, -0.2) is 4.39 Å². The summed E-state index contributed by atoms with van der Waals surface area (Å²) in [5.41, 5.74) is 3.73. The number of morpholine rings is 2. The number of benzene rings is 2. The average molecular weight is 466 g/mol. The second kappa shape index (κ2) is 9.76.